The van der Waals surface area contributed by atoms with Gasteiger partial charge in [0.2, 0.25) is 5.91 Å². The summed E-state index contributed by atoms with van der Waals surface area (Å²) < 4.78 is 4.79. The number of hydrogen-bond acceptors (Lipinski definition) is 4. The second-order valence-electron chi connectivity index (χ2n) is 3.70. The average Bonchev–Trinajstić information content (AvgIpc) is 2.17. The lowest BCUT2D eigenvalue weighted by Gasteiger charge is -2.15. The summed E-state index contributed by atoms with van der Waals surface area (Å²) in [4.78, 5) is 22.7. The Labute approximate surface area is 96.9 Å². The molecular weight excluding hydrogens is 208 g/mol. The number of esters is 1. The first-order valence-electron chi connectivity index (χ1n) is 5.70. The van der Waals surface area contributed by atoms with Gasteiger partial charge in [0.1, 0.15) is 6.04 Å². The van der Waals surface area contributed by atoms with E-state index in [-0.39, 0.29) is 11.9 Å². The summed E-state index contributed by atoms with van der Waals surface area (Å²) in [6, 6.07) is -0.472. The standard InChI is InChI=1S/C11H22N2O3/c1-5-12-8(3)7-10(14)13-9(4)11(15)16-6-2/h8-9,12H,5-7H2,1-4H3,(H,13,14). The lowest BCUT2D eigenvalue weighted by molar-refractivity contribution is -0.146. The highest BCUT2D eigenvalue weighted by atomic mass is 16.5. The van der Waals surface area contributed by atoms with Crippen molar-refractivity contribution < 1.29 is 14.3 Å². The van der Waals surface area contributed by atoms with Crippen LogP contribution in [0.3, 0.4) is 0 Å². The fourth-order valence-corrected chi connectivity index (χ4v) is 1.33. The molecule has 2 unspecified atom stereocenters. The maximum Gasteiger partial charge on any atom is 0.328 e. The number of carbonyl (C=O) groups excluding carboxylic acids is 2. The van der Waals surface area contributed by atoms with Crippen LogP contribution in [0, 0.1) is 0 Å². The number of carbonyl (C=O) groups is 2. The lowest BCUT2D eigenvalue weighted by atomic mass is 10.2. The summed E-state index contributed by atoms with van der Waals surface area (Å²) >= 11 is 0. The fraction of sp³-hybridized carbons (Fsp3) is 0.818. The van der Waals surface area contributed by atoms with Gasteiger partial charge in [0.25, 0.3) is 0 Å². The maximum atomic E-state index is 11.5. The van der Waals surface area contributed by atoms with Crippen molar-refractivity contribution in [2.75, 3.05) is 13.2 Å². The average molecular weight is 230 g/mol. The monoisotopic (exact) mass is 230 g/mol. The van der Waals surface area contributed by atoms with Gasteiger partial charge >= 0.3 is 5.97 Å². The molecular formula is C11H22N2O3. The molecule has 0 fully saturated rings. The Balaban J connectivity index is 3.90. The van der Waals surface area contributed by atoms with Gasteiger partial charge in [-0.3, -0.25) is 4.79 Å². The van der Waals surface area contributed by atoms with Gasteiger partial charge in [-0.15, -0.1) is 0 Å². The molecule has 0 aromatic rings. The summed E-state index contributed by atoms with van der Waals surface area (Å²) in [5, 5.41) is 5.73. The smallest absolute Gasteiger partial charge is 0.328 e. The van der Waals surface area contributed by atoms with Gasteiger partial charge in [-0.05, 0) is 27.3 Å². The van der Waals surface area contributed by atoms with Crippen LogP contribution < -0.4 is 10.6 Å². The number of rotatable bonds is 7. The normalized spacial score (nSPS) is 14.0. The molecule has 0 spiro atoms. The molecule has 16 heavy (non-hydrogen) atoms. The van der Waals surface area contributed by atoms with Gasteiger partial charge in [0.05, 0.1) is 6.61 Å². The highest BCUT2D eigenvalue weighted by Gasteiger charge is 2.17. The minimum absolute atomic E-state index is 0.111. The zero-order valence-electron chi connectivity index (χ0n) is 10.5. The van der Waals surface area contributed by atoms with Crippen molar-refractivity contribution in [3.63, 3.8) is 0 Å². The van der Waals surface area contributed by atoms with Crippen LogP contribution >= 0.6 is 0 Å². The number of ether oxygens (including phenoxy) is 1. The molecule has 0 aliphatic carbocycles. The van der Waals surface area contributed by atoms with Crippen molar-refractivity contribution in [1.82, 2.24) is 10.6 Å². The van der Waals surface area contributed by atoms with Gasteiger partial charge in [0, 0.05) is 12.5 Å². The Hall–Kier alpha value is -1.10. The molecule has 0 aromatic heterocycles. The van der Waals surface area contributed by atoms with E-state index in [1.165, 1.54) is 0 Å². The molecule has 0 aliphatic rings. The van der Waals surface area contributed by atoms with Gasteiger partial charge in [-0.2, -0.15) is 0 Å². The topological polar surface area (TPSA) is 67.4 Å². The van der Waals surface area contributed by atoms with Crippen molar-refractivity contribution >= 4 is 11.9 Å². The van der Waals surface area contributed by atoms with Gasteiger partial charge < -0.3 is 15.4 Å². The van der Waals surface area contributed by atoms with E-state index in [0.717, 1.165) is 6.54 Å². The molecule has 2 N–H and O–H groups in total. The van der Waals surface area contributed by atoms with Crippen molar-refractivity contribution in [3.8, 4) is 0 Å². The maximum absolute atomic E-state index is 11.5. The molecule has 0 aromatic carbocycles. The van der Waals surface area contributed by atoms with Crippen LogP contribution in [-0.4, -0.2) is 37.1 Å². The predicted molar refractivity (Wildman–Crippen MR) is 62.0 cm³/mol. The molecule has 0 radical (unpaired) electrons. The predicted octanol–water partition coefficient (Wildman–Crippen LogP) is 0.442. The Kier molecular flexibility index (Phi) is 7.54. The lowest BCUT2D eigenvalue weighted by Crippen LogP contribution is -2.42. The minimum atomic E-state index is -0.582. The van der Waals surface area contributed by atoms with Gasteiger partial charge in [-0.1, -0.05) is 6.92 Å². The summed E-state index contributed by atoms with van der Waals surface area (Å²) in [5.74, 6) is -0.541. The Morgan fingerprint density at radius 3 is 2.38 bits per heavy atom. The zero-order valence-corrected chi connectivity index (χ0v) is 10.5. The minimum Gasteiger partial charge on any atom is -0.464 e. The van der Waals surface area contributed by atoms with Crippen LogP contribution in [-0.2, 0) is 14.3 Å². The van der Waals surface area contributed by atoms with Crippen LogP contribution in [0.25, 0.3) is 0 Å². The van der Waals surface area contributed by atoms with E-state index in [4.69, 9.17) is 4.74 Å². The third-order valence-electron chi connectivity index (χ3n) is 2.06. The first-order valence-corrected chi connectivity index (χ1v) is 5.70. The Bertz CT molecular complexity index is 231. The molecule has 0 heterocycles. The Morgan fingerprint density at radius 1 is 1.25 bits per heavy atom. The quantitative estimate of drug-likeness (QED) is 0.623. The summed E-state index contributed by atoms with van der Waals surface area (Å²) in [5.41, 5.74) is 0. The van der Waals surface area contributed by atoms with E-state index < -0.39 is 12.0 Å². The van der Waals surface area contributed by atoms with Gasteiger partial charge in [-0.25, -0.2) is 4.79 Å². The van der Waals surface area contributed by atoms with E-state index in [1.54, 1.807) is 13.8 Å². The second-order valence-corrected chi connectivity index (χ2v) is 3.70. The van der Waals surface area contributed by atoms with E-state index in [9.17, 15) is 9.59 Å². The van der Waals surface area contributed by atoms with E-state index in [2.05, 4.69) is 10.6 Å². The first-order chi connectivity index (χ1) is 7.51. The Morgan fingerprint density at radius 2 is 1.88 bits per heavy atom. The van der Waals surface area contributed by atoms with Crippen molar-refractivity contribution in [1.29, 1.82) is 0 Å². The second kappa shape index (κ2) is 8.10. The molecule has 0 bridgehead atoms. The summed E-state index contributed by atoms with van der Waals surface area (Å²) in [6.45, 7) is 8.41. The number of amides is 1. The third kappa shape index (κ3) is 6.40. The van der Waals surface area contributed by atoms with Crippen molar-refractivity contribution in [3.05, 3.63) is 0 Å². The molecule has 1 amide bonds. The van der Waals surface area contributed by atoms with Crippen molar-refractivity contribution in [2.24, 2.45) is 0 Å². The summed E-state index contributed by atoms with van der Waals surface area (Å²) in [7, 11) is 0. The SMILES string of the molecule is CCNC(C)CC(=O)NC(C)C(=O)OCC. The first kappa shape index (κ1) is 14.9. The highest BCUT2D eigenvalue weighted by Crippen LogP contribution is 1.93. The molecule has 0 saturated heterocycles. The number of nitrogens with one attached hydrogen (secondary N) is 2. The highest BCUT2D eigenvalue weighted by molar-refractivity contribution is 5.84. The number of hydrogen-bond donors (Lipinski definition) is 2. The molecule has 5 nitrogen and oxygen atoms in total. The van der Waals surface area contributed by atoms with E-state index in [0.29, 0.717) is 13.0 Å². The summed E-state index contributed by atoms with van der Waals surface area (Å²) in [6.07, 6.45) is 0.359. The largest absolute Gasteiger partial charge is 0.464 e. The molecule has 0 rings (SSSR count). The van der Waals surface area contributed by atoms with Crippen LogP contribution in [0.5, 0.6) is 0 Å². The molecule has 0 aliphatic heterocycles. The van der Waals surface area contributed by atoms with E-state index >= 15 is 0 Å². The van der Waals surface area contributed by atoms with Crippen molar-refractivity contribution in [2.45, 2.75) is 46.2 Å². The van der Waals surface area contributed by atoms with Crippen LogP contribution in [0.15, 0.2) is 0 Å². The zero-order chi connectivity index (χ0) is 12.6. The van der Waals surface area contributed by atoms with Crippen LogP contribution in [0.1, 0.15) is 34.1 Å². The molecule has 0 saturated carbocycles. The van der Waals surface area contributed by atoms with Crippen LogP contribution in [0.2, 0.25) is 0 Å². The molecule has 2 atom stereocenters. The molecule has 94 valence electrons. The molecule has 5 heteroatoms. The van der Waals surface area contributed by atoms with Crippen LogP contribution in [0.4, 0.5) is 0 Å². The van der Waals surface area contributed by atoms with Gasteiger partial charge in [0.15, 0.2) is 0 Å². The fourth-order valence-electron chi connectivity index (χ4n) is 1.33. The third-order valence-corrected chi connectivity index (χ3v) is 2.06. The van der Waals surface area contributed by atoms with E-state index in [1.807, 2.05) is 13.8 Å².